The maximum absolute atomic E-state index is 9.51. The van der Waals surface area contributed by atoms with Gasteiger partial charge in [-0.25, -0.2) is 0 Å². The fourth-order valence-corrected chi connectivity index (χ4v) is 3.81. The van der Waals surface area contributed by atoms with Gasteiger partial charge in [-0.1, -0.05) is 51.7 Å². The van der Waals surface area contributed by atoms with Crippen LogP contribution in [0.25, 0.3) is 0 Å². The van der Waals surface area contributed by atoms with Crippen molar-refractivity contribution in [1.82, 2.24) is 0 Å². The van der Waals surface area contributed by atoms with E-state index in [0.717, 1.165) is 5.56 Å². The molecule has 20 heavy (non-hydrogen) atoms. The lowest BCUT2D eigenvalue weighted by Gasteiger charge is -2.28. The monoisotopic (exact) mass is 269 g/mol. The second-order valence-electron chi connectivity index (χ2n) is 6.15. The summed E-state index contributed by atoms with van der Waals surface area (Å²) >= 11 is 0. The van der Waals surface area contributed by atoms with Crippen molar-refractivity contribution < 1.29 is 0 Å². The molecule has 1 aliphatic rings. The SMILES string of the molecule is CCCC(CC)c1cccc(C#N)c1C1CCCCC1. The summed E-state index contributed by atoms with van der Waals surface area (Å²) in [6, 6.07) is 8.84. The molecule has 0 amide bonds. The second-order valence-corrected chi connectivity index (χ2v) is 6.15. The molecule has 1 unspecified atom stereocenters. The fraction of sp³-hybridized carbons (Fsp3) is 0.632. The lowest BCUT2D eigenvalue weighted by atomic mass is 9.76. The first kappa shape index (κ1) is 15.1. The first-order valence-electron chi connectivity index (χ1n) is 8.34. The predicted octanol–water partition coefficient (Wildman–Crippen LogP) is 5.90. The largest absolute Gasteiger partial charge is 0.192 e. The third kappa shape index (κ3) is 3.23. The predicted molar refractivity (Wildman–Crippen MR) is 84.9 cm³/mol. The zero-order chi connectivity index (χ0) is 14.4. The van der Waals surface area contributed by atoms with Gasteiger partial charge in [0.2, 0.25) is 0 Å². The van der Waals surface area contributed by atoms with Crippen LogP contribution in [0.2, 0.25) is 0 Å². The maximum atomic E-state index is 9.51. The van der Waals surface area contributed by atoms with Crippen LogP contribution in [0.5, 0.6) is 0 Å². The minimum Gasteiger partial charge on any atom is -0.192 e. The number of rotatable bonds is 5. The summed E-state index contributed by atoms with van der Waals surface area (Å²) in [5.41, 5.74) is 3.80. The Morgan fingerprint density at radius 3 is 2.55 bits per heavy atom. The van der Waals surface area contributed by atoms with Gasteiger partial charge >= 0.3 is 0 Å². The quantitative estimate of drug-likeness (QED) is 0.653. The Balaban J connectivity index is 2.42. The van der Waals surface area contributed by atoms with Crippen LogP contribution in [0, 0.1) is 11.3 Å². The highest BCUT2D eigenvalue weighted by atomic mass is 14.3. The summed E-state index contributed by atoms with van der Waals surface area (Å²) in [7, 11) is 0. The molecule has 0 aliphatic heterocycles. The molecule has 1 heteroatoms. The first-order chi connectivity index (χ1) is 9.81. The Bertz CT molecular complexity index is 463. The van der Waals surface area contributed by atoms with Gasteiger partial charge in [0.25, 0.3) is 0 Å². The Morgan fingerprint density at radius 2 is 1.95 bits per heavy atom. The number of hydrogen-bond acceptors (Lipinski definition) is 1. The molecular weight excluding hydrogens is 242 g/mol. The molecule has 1 nitrogen and oxygen atoms in total. The summed E-state index contributed by atoms with van der Waals surface area (Å²) in [5, 5.41) is 9.51. The lowest BCUT2D eigenvalue weighted by Crippen LogP contribution is -2.12. The Labute approximate surface area is 124 Å². The third-order valence-electron chi connectivity index (χ3n) is 4.84. The van der Waals surface area contributed by atoms with Crippen molar-refractivity contribution in [2.75, 3.05) is 0 Å². The highest BCUT2D eigenvalue weighted by Crippen LogP contribution is 2.40. The first-order valence-corrected chi connectivity index (χ1v) is 8.34. The molecular formula is C19H27N. The molecule has 1 aliphatic carbocycles. The maximum Gasteiger partial charge on any atom is 0.0994 e. The number of nitriles is 1. The Hall–Kier alpha value is -1.29. The van der Waals surface area contributed by atoms with Gasteiger partial charge in [-0.2, -0.15) is 5.26 Å². The molecule has 1 atom stereocenters. The van der Waals surface area contributed by atoms with Crippen LogP contribution >= 0.6 is 0 Å². The topological polar surface area (TPSA) is 23.8 Å². The third-order valence-corrected chi connectivity index (χ3v) is 4.84. The molecule has 0 spiro atoms. The summed E-state index contributed by atoms with van der Waals surface area (Å²) in [6.45, 7) is 4.54. The van der Waals surface area contributed by atoms with E-state index in [4.69, 9.17) is 0 Å². The van der Waals surface area contributed by atoms with Gasteiger partial charge < -0.3 is 0 Å². The average Bonchev–Trinajstić information content (AvgIpc) is 2.52. The molecule has 1 aromatic rings. The zero-order valence-electron chi connectivity index (χ0n) is 13.0. The minimum absolute atomic E-state index is 0.625. The lowest BCUT2D eigenvalue weighted by molar-refractivity contribution is 0.437. The smallest absolute Gasteiger partial charge is 0.0994 e. The zero-order valence-corrected chi connectivity index (χ0v) is 13.0. The number of benzene rings is 1. The summed E-state index contributed by atoms with van der Waals surface area (Å²) in [5.74, 6) is 1.26. The van der Waals surface area contributed by atoms with E-state index in [9.17, 15) is 5.26 Å². The van der Waals surface area contributed by atoms with Crippen molar-refractivity contribution in [2.24, 2.45) is 0 Å². The van der Waals surface area contributed by atoms with Crippen molar-refractivity contribution in [3.05, 3.63) is 34.9 Å². The second kappa shape index (κ2) is 7.48. The molecule has 0 aromatic heterocycles. The number of nitrogens with zero attached hydrogens (tertiary/aromatic N) is 1. The van der Waals surface area contributed by atoms with Crippen molar-refractivity contribution in [1.29, 1.82) is 5.26 Å². The van der Waals surface area contributed by atoms with Crippen molar-refractivity contribution >= 4 is 0 Å². The van der Waals surface area contributed by atoms with Gasteiger partial charge in [-0.3, -0.25) is 0 Å². The molecule has 1 saturated carbocycles. The standard InChI is InChI=1S/C19H27N/c1-3-9-15(4-2)18-13-8-12-17(14-20)19(18)16-10-6-5-7-11-16/h8,12-13,15-16H,3-7,9-11H2,1-2H3. The summed E-state index contributed by atoms with van der Waals surface area (Å²) < 4.78 is 0. The molecule has 108 valence electrons. The molecule has 0 N–H and O–H groups in total. The minimum atomic E-state index is 0.625. The molecule has 0 heterocycles. The Kier molecular flexibility index (Phi) is 5.65. The van der Waals surface area contributed by atoms with E-state index >= 15 is 0 Å². The van der Waals surface area contributed by atoms with E-state index in [1.165, 1.54) is 62.5 Å². The van der Waals surface area contributed by atoms with Crippen LogP contribution in [0.1, 0.15) is 93.7 Å². The van der Waals surface area contributed by atoms with E-state index in [1.54, 1.807) is 0 Å². The average molecular weight is 269 g/mol. The summed E-state index contributed by atoms with van der Waals surface area (Å²) in [6.07, 6.45) is 10.2. The van der Waals surface area contributed by atoms with E-state index in [1.807, 2.05) is 6.07 Å². The van der Waals surface area contributed by atoms with Gasteiger partial charge in [-0.05, 0) is 54.7 Å². The van der Waals surface area contributed by atoms with E-state index in [-0.39, 0.29) is 0 Å². The van der Waals surface area contributed by atoms with Gasteiger partial charge in [0, 0.05) is 0 Å². The van der Waals surface area contributed by atoms with E-state index in [0.29, 0.717) is 11.8 Å². The van der Waals surface area contributed by atoms with Crippen molar-refractivity contribution in [3.8, 4) is 6.07 Å². The van der Waals surface area contributed by atoms with Crippen LogP contribution in [0.15, 0.2) is 18.2 Å². The Morgan fingerprint density at radius 1 is 1.20 bits per heavy atom. The van der Waals surface area contributed by atoms with E-state index in [2.05, 4.69) is 32.0 Å². The normalized spacial score (nSPS) is 17.6. The van der Waals surface area contributed by atoms with Crippen LogP contribution < -0.4 is 0 Å². The van der Waals surface area contributed by atoms with Gasteiger partial charge in [0.05, 0.1) is 11.6 Å². The molecule has 1 fully saturated rings. The molecule has 2 rings (SSSR count). The molecule has 0 radical (unpaired) electrons. The van der Waals surface area contributed by atoms with Gasteiger partial charge in [0.15, 0.2) is 0 Å². The highest BCUT2D eigenvalue weighted by molar-refractivity contribution is 5.46. The molecule has 0 saturated heterocycles. The van der Waals surface area contributed by atoms with Gasteiger partial charge in [-0.15, -0.1) is 0 Å². The van der Waals surface area contributed by atoms with Crippen LogP contribution in [-0.2, 0) is 0 Å². The van der Waals surface area contributed by atoms with E-state index < -0.39 is 0 Å². The van der Waals surface area contributed by atoms with Crippen molar-refractivity contribution in [2.45, 2.75) is 77.0 Å². The van der Waals surface area contributed by atoms with Gasteiger partial charge in [0.1, 0.15) is 0 Å². The van der Waals surface area contributed by atoms with Crippen molar-refractivity contribution in [3.63, 3.8) is 0 Å². The van der Waals surface area contributed by atoms with Crippen LogP contribution in [-0.4, -0.2) is 0 Å². The molecule has 1 aromatic carbocycles. The van der Waals surface area contributed by atoms with Crippen LogP contribution in [0.4, 0.5) is 0 Å². The summed E-state index contributed by atoms with van der Waals surface area (Å²) in [4.78, 5) is 0. The number of hydrogen-bond donors (Lipinski definition) is 0. The molecule has 0 bridgehead atoms. The highest BCUT2D eigenvalue weighted by Gasteiger charge is 2.24. The fourth-order valence-electron chi connectivity index (χ4n) is 3.81. The van der Waals surface area contributed by atoms with Crippen LogP contribution in [0.3, 0.4) is 0 Å².